The third kappa shape index (κ3) is 3.79. The van der Waals surface area contributed by atoms with E-state index in [9.17, 15) is 20.1 Å². The molecular weight excluding hydrogens is 426 g/mol. The molecule has 4 aromatic rings. The minimum atomic E-state index is -1.32. The van der Waals surface area contributed by atoms with E-state index in [-0.39, 0.29) is 17.1 Å². The van der Waals surface area contributed by atoms with Crippen LogP contribution in [-0.4, -0.2) is 54.8 Å². The van der Waals surface area contributed by atoms with Gasteiger partial charge in [0.2, 0.25) is 18.5 Å². The molecule has 1 aliphatic heterocycles. The molecule has 0 unspecified atom stereocenters. The topological polar surface area (TPSA) is 150 Å². The molecule has 5 rings (SSSR count). The predicted molar refractivity (Wildman–Crippen MR) is 119 cm³/mol. The van der Waals surface area contributed by atoms with E-state index in [4.69, 9.17) is 10.5 Å². The van der Waals surface area contributed by atoms with Crippen LogP contribution in [-0.2, 0) is 11.3 Å². The molecule has 33 heavy (non-hydrogen) atoms. The summed E-state index contributed by atoms with van der Waals surface area (Å²) in [6, 6.07) is 18.0. The zero-order valence-corrected chi connectivity index (χ0v) is 17.6. The fourth-order valence-corrected chi connectivity index (χ4v) is 4.22. The molecule has 1 saturated heterocycles. The van der Waals surface area contributed by atoms with Crippen molar-refractivity contribution in [3.8, 4) is 11.1 Å². The van der Waals surface area contributed by atoms with Crippen LogP contribution < -0.4 is 15.9 Å². The van der Waals surface area contributed by atoms with Crippen LogP contribution in [0.2, 0.25) is 0 Å². The van der Waals surface area contributed by atoms with Gasteiger partial charge in [-0.25, -0.2) is 4.57 Å². The van der Waals surface area contributed by atoms with Crippen molar-refractivity contribution in [2.45, 2.75) is 31.1 Å². The normalized spacial score (nSPS) is 22.8. The Morgan fingerprint density at radius 3 is 2.42 bits per heavy atom. The number of nitrogens with two attached hydrogens (primary N) is 1. The highest BCUT2D eigenvalue weighted by atomic mass is 16.6. The summed E-state index contributed by atoms with van der Waals surface area (Å²) >= 11 is 0. The maximum absolute atomic E-state index is 12.7. The molecule has 0 radical (unpaired) electrons. The molecule has 3 heterocycles. The number of aliphatic hydroxyl groups excluding tert-OH is 3. The Hall–Kier alpha value is -3.57. The standard InChI is InChI=1S/C23H23N5O5/c24-23-25-20-17(21(32)26-23)27(12-28(20)22-19(31)18(30)16(11-29)33-22)10-13-6-8-15(9-7-13)14-4-2-1-3-5-14/h1-9,12,16,18-19,22,29-31H,10-11H2,(H2-,24,25,26,32)/p+1/t16-,18-,19-,22-/m1/s1. The van der Waals surface area contributed by atoms with Gasteiger partial charge in [-0.15, -0.1) is 0 Å². The summed E-state index contributed by atoms with van der Waals surface area (Å²) in [5.74, 6) is -0.0852. The molecule has 0 aliphatic carbocycles. The molecule has 170 valence electrons. The van der Waals surface area contributed by atoms with Gasteiger partial charge in [0, 0.05) is 0 Å². The summed E-state index contributed by atoms with van der Waals surface area (Å²) in [6.45, 7) is -0.111. The number of nitrogen functional groups attached to an aromatic ring is 1. The lowest BCUT2D eigenvalue weighted by atomic mass is 10.0. The minimum absolute atomic E-state index is 0.0852. The lowest BCUT2D eigenvalue weighted by Gasteiger charge is -2.11. The molecule has 1 fully saturated rings. The fourth-order valence-electron chi connectivity index (χ4n) is 4.22. The van der Waals surface area contributed by atoms with Crippen molar-refractivity contribution in [2.24, 2.45) is 0 Å². The van der Waals surface area contributed by atoms with Gasteiger partial charge < -0.3 is 25.8 Å². The van der Waals surface area contributed by atoms with E-state index in [1.54, 1.807) is 10.9 Å². The van der Waals surface area contributed by atoms with Crippen LogP contribution in [0.1, 0.15) is 11.8 Å². The number of benzene rings is 2. The van der Waals surface area contributed by atoms with Crippen molar-refractivity contribution >= 4 is 17.1 Å². The number of nitrogens with zero attached hydrogens (tertiary/aromatic N) is 3. The second kappa shape index (κ2) is 8.41. The minimum Gasteiger partial charge on any atom is -0.394 e. The van der Waals surface area contributed by atoms with Crippen LogP contribution in [0.4, 0.5) is 5.95 Å². The summed E-state index contributed by atoms with van der Waals surface area (Å²) in [5, 5.41) is 30.1. The van der Waals surface area contributed by atoms with Crippen molar-refractivity contribution in [2.75, 3.05) is 12.3 Å². The number of anilines is 1. The first-order valence-corrected chi connectivity index (χ1v) is 10.5. The van der Waals surface area contributed by atoms with E-state index in [1.165, 1.54) is 4.57 Å². The Bertz CT molecular complexity index is 1340. The highest BCUT2D eigenvalue weighted by molar-refractivity contribution is 5.67. The quantitative estimate of drug-likeness (QED) is 0.267. The number of hydrogen-bond donors (Lipinski definition) is 5. The van der Waals surface area contributed by atoms with Crippen LogP contribution in [0.25, 0.3) is 22.3 Å². The zero-order valence-electron chi connectivity index (χ0n) is 17.6. The number of rotatable bonds is 5. The second-order valence-electron chi connectivity index (χ2n) is 8.07. The Morgan fingerprint density at radius 2 is 1.76 bits per heavy atom. The van der Waals surface area contributed by atoms with E-state index in [2.05, 4.69) is 9.97 Å². The number of nitrogens with one attached hydrogen (secondary N) is 1. The van der Waals surface area contributed by atoms with Crippen LogP contribution in [0.3, 0.4) is 0 Å². The first-order chi connectivity index (χ1) is 16.0. The molecule has 6 N–H and O–H groups in total. The number of imidazole rings is 1. The lowest BCUT2D eigenvalue weighted by molar-refractivity contribution is -0.664. The molecule has 1 aliphatic rings. The van der Waals surface area contributed by atoms with Crippen molar-refractivity contribution in [1.29, 1.82) is 0 Å². The van der Waals surface area contributed by atoms with Crippen molar-refractivity contribution in [1.82, 2.24) is 14.5 Å². The van der Waals surface area contributed by atoms with Gasteiger partial charge in [-0.05, 0) is 16.7 Å². The van der Waals surface area contributed by atoms with Gasteiger partial charge in [0.25, 0.3) is 11.2 Å². The van der Waals surface area contributed by atoms with E-state index in [1.807, 2.05) is 54.6 Å². The number of H-pyrrole nitrogens is 1. The predicted octanol–water partition coefficient (Wildman–Crippen LogP) is -0.0789. The maximum atomic E-state index is 12.7. The summed E-state index contributed by atoms with van der Waals surface area (Å²) in [6.07, 6.45) is -3.01. The smallest absolute Gasteiger partial charge is 0.304 e. The maximum Gasteiger partial charge on any atom is 0.304 e. The molecule has 0 saturated carbocycles. The molecule has 0 bridgehead atoms. The molecule has 10 nitrogen and oxygen atoms in total. The van der Waals surface area contributed by atoms with Gasteiger partial charge >= 0.3 is 5.56 Å². The number of fused-ring (bicyclic) bond motifs is 1. The van der Waals surface area contributed by atoms with E-state index >= 15 is 0 Å². The van der Waals surface area contributed by atoms with E-state index < -0.39 is 36.7 Å². The summed E-state index contributed by atoms with van der Waals surface area (Å²) in [7, 11) is 0. The SMILES string of the molecule is Nc1nc2c(c(=O)[nH]1)[n+](Cc1ccc(-c3ccccc3)cc1)cn2[C@@H]1O[C@H](CO)[C@@H](O)[C@H]1O. The van der Waals surface area contributed by atoms with Gasteiger partial charge in [0.1, 0.15) is 24.9 Å². The van der Waals surface area contributed by atoms with Gasteiger partial charge in [-0.3, -0.25) is 9.78 Å². The Morgan fingerprint density at radius 1 is 1.06 bits per heavy atom. The van der Waals surface area contributed by atoms with Crippen LogP contribution in [0.5, 0.6) is 0 Å². The van der Waals surface area contributed by atoms with Gasteiger partial charge in [-0.2, -0.15) is 9.55 Å². The van der Waals surface area contributed by atoms with Crippen LogP contribution in [0.15, 0.2) is 65.7 Å². The van der Waals surface area contributed by atoms with Crippen LogP contribution >= 0.6 is 0 Å². The first kappa shape index (κ1) is 21.3. The Balaban J connectivity index is 1.53. The Kier molecular flexibility index (Phi) is 5.43. The molecule has 0 spiro atoms. The summed E-state index contributed by atoms with van der Waals surface area (Å²) < 4.78 is 8.79. The molecule has 2 aromatic carbocycles. The lowest BCUT2D eigenvalue weighted by Crippen LogP contribution is -2.37. The summed E-state index contributed by atoms with van der Waals surface area (Å²) in [4.78, 5) is 19.5. The number of aliphatic hydroxyl groups is 3. The van der Waals surface area contributed by atoms with Crippen molar-refractivity contribution in [3.05, 3.63) is 76.8 Å². The number of ether oxygens (including phenoxy) is 1. The molecule has 4 atom stereocenters. The van der Waals surface area contributed by atoms with Crippen LogP contribution in [0, 0.1) is 0 Å². The van der Waals surface area contributed by atoms with Crippen molar-refractivity contribution in [3.63, 3.8) is 0 Å². The fraction of sp³-hybridized carbons (Fsp3) is 0.261. The third-order valence-electron chi connectivity index (χ3n) is 5.90. The summed E-state index contributed by atoms with van der Waals surface area (Å²) in [5.41, 5.74) is 8.88. The average molecular weight is 450 g/mol. The second-order valence-corrected chi connectivity index (χ2v) is 8.07. The molecule has 0 amide bonds. The monoisotopic (exact) mass is 450 g/mol. The third-order valence-corrected chi connectivity index (χ3v) is 5.90. The van der Waals surface area contributed by atoms with E-state index in [0.717, 1.165) is 16.7 Å². The van der Waals surface area contributed by atoms with Gasteiger partial charge in [0.05, 0.1) is 6.61 Å². The van der Waals surface area contributed by atoms with Gasteiger partial charge in [0.15, 0.2) is 0 Å². The number of aromatic nitrogens is 4. The van der Waals surface area contributed by atoms with Gasteiger partial charge in [-0.1, -0.05) is 54.6 Å². The number of aromatic amines is 1. The Labute approximate surface area is 188 Å². The first-order valence-electron chi connectivity index (χ1n) is 10.5. The highest BCUT2D eigenvalue weighted by Gasteiger charge is 2.47. The molecule has 2 aromatic heterocycles. The number of hydrogen-bond acceptors (Lipinski definition) is 7. The van der Waals surface area contributed by atoms with Crippen molar-refractivity contribution < 1.29 is 24.6 Å². The average Bonchev–Trinajstić information content (AvgIpc) is 3.31. The van der Waals surface area contributed by atoms with E-state index in [0.29, 0.717) is 6.54 Å². The molecule has 10 heteroatoms. The highest BCUT2D eigenvalue weighted by Crippen LogP contribution is 2.30. The molecular formula is C23H24N5O5+. The zero-order chi connectivity index (χ0) is 23.1. The largest absolute Gasteiger partial charge is 0.394 e.